The lowest BCUT2D eigenvalue weighted by Crippen LogP contribution is -2.48. The van der Waals surface area contributed by atoms with Crippen LogP contribution in [-0.4, -0.2) is 32.5 Å². The van der Waals surface area contributed by atoms with Crippen LogP contribution in [0.1, 0.15) is 45.4 Å². The highest BCUT2D eigenvalue weighted by atomic mass is 32.1. The lowest BCUT2D eigenvalue weighted by atomic mass is 10.00. The summed E-state index contributed by atoms with van der Waals surface area (Å²) in [4.78, 5) is 17.7. The van der Waals surface area contributed by atoms with Gasteiger partial charge in [0, 0.05) is 24.0 Å². The summed E-state index contributed by atoms with van der Waals surface area (Å²) in [6.07, 6.45) is 1.55. The normalized spacial score (nSPS) is 24.6. The van der Waals surface area contributed by atoms with Crippen molar-refractivity contribution in [2.24, 2.45) is 0 Å². The van der Waals surface area contributed by atoms with E-state index in [2.05, 4.69) is 9.36 Å². The molecule has 6 heteroatoms. The predicted molar refractivity (Wildman–Crippen MR) is 66.6 cm³/mol. The highest BCUT2D eigenvalue weighted by Crippen LogP contribution is 2.35. The quantitative estimate of drug-likeness (QED) is 0.896. The largest absolute Gasteiger partial charge is 0.480 e. The summed E-state index contributed by atoms with van der Waals surface area (Å²) in [7, 11) is 0. The fourth-order valence-corrected chi connectivity index (χ4v) is 3.02. The molecule has 2 rings (SSSR count). The Kier molecular flexibility index (Phi) is 3.07. The number of aliphatic carboxylic acids is 1. The Labute approximate surface area is 105 Å². The van der Waals surface area contributed by atoms with Crippen LogP contribution in [0.15, 0.2) is 0 Å². The van der Waals surface area contributed by atoms with Gasteiger partial charge in [0.05, 0.1) is 0 Å². The Morgan fingerprint density at radius 3 is 2.82 bits per heavy atom. The van der Waals surface area contributed by atoms with Crippen LogP contribution in [0.25, 0.3) is 0 Å². The van der Waals surface area contributed by atoms with Crippen LogP contribution in [0.4, 0.5) is 5.13 Å². The van der Waals surface area contributed by atoms with E-state index in [-0.39, 0.29) is 5.92 Å². The maximum Gasteiger partial charge on any atom is 0.329 e. The van der Waals surface area contributed by atoms with Gasteiger partial charge in [-0.3, -0.25) is 0 Å². The van der Waals surface area contributed by atoms with E-state index >= 15 is 0 Å². The Bertz CT molecular complexity index is 432. The SMILES string of the molecule is CC(C)c1nsc(N2CCCC2(C)C(=O)O)n1. The Morgan fingerprint density at radius 2 is 2.29 bits per heavy atom. The molecule has 0 spiro atoms. The maximum absolute atomic E-state index is 11.4. The monoisotopic (exact) mass is 255 g/mol. The standard InChI is InChI=1S/C11H17N3O2S/c1-7(2)8-12-10(17-13-8)14-6-4-5-11(14,3)9(15)16/h7H,4-6H2,1-3H3,(H,15,16). The third-order valence-corrected chi connectivity index (χ3v) is 4.03. The fraction of sp³-hybridized carbons (Fsp3) is 0.727. The van der Waals surface area contributed by atoms with E-state index in [0.717, 1.165) is 23.9 Å². The number of carboxylic acid groups (broad SMARTS) is 1. The molecule has 1 atom stereocenters. The van der Waals surface area contributed by atoms with Gasteiger partial charge in [0.1, 0.15) is 11.4 Å². The van der Waals surface area contributed by atoms with E-state index in [0.29, 0.717) is 6.42 Å². The van der Waals surface area contributed by atoms with E-state index in [9.17, 15) is 9.90 Å². The minimum absolute atomic E-state index is 0.277. The van der Waals surface area contributed by atoms with E-state index < -0.39 is 11.5 Å². The summed E-state index contributed by atoms with van der Waals surface area (Å²) in [5, 5.41) is 10.1. The maximum atomic E-state index is 11.4. The molecule has 0 aromatic carbocycles. The van der Waals surface area contributed by atoms with Gasteiger partial charge in [-0.25, -0.2) is 9.78 Å². The van der Waals surface area contributed by atoms with Gasteiger partial charge >= 0.3 is 5.97 Å². The van der Waals surface area contributed by atoms with Crippen LogP contribution in [0, 0.1) is 0 Å². The highest BCUT2D eigenvalue weighted by Gasteiger charge is 2.44. The van der Waals surface area contributed by atoms with Gasteiger partial charge < -0.3 is 10.0 Å². The second-order valence-electron chi connectivity index (χ2n) is 4.92. The molecular formula is C11H17N3O2S. The molecule has 0 radical (unpaired) electrons. The highest BCUT2D eigenvalue weighted by molar-refractivity contribution is 7.09. The number of hydrogen-bond acceptors (Lipinski definition) is 5. The van der Waals surface area contributed by atoms with E-state index in [4.69, 9.17) is 0 Å². The van der Waals surface area contributed by atoms with Crippen molar-refractivity contribution in [1.29, 1.82) is 0 Å². The molecule has 0 bridgehead atoms. The van der Waals surface area contributed by atoms with Gasteiger partial charge in [-0.1, -0.05) is 13.8 Å². The fourth-order valence-electron chi connectivity index (χ4n) is 2.06. The topological polar surface area (TPSA) is 66.3 Å². The van der Waals surface area contributed by atoms with Crippen molar-refractivity contribution in [2.75, 3.05) is 11.4 Å². The Balaban J connectivity index is 2.29. The first-order chi connectivity index (χ1) is 7.95. The van der Waals surface area contributed by atoms with Crippen LogP contribution in [0.5, 0.6) is 0 Å². The van der Waals surface area contributed by atoms with E-state index in [1.807, 2.05) is 18.7 Å². The molecule has 1 saturated heterocycles. The minimum Gasteiger partial charge on any atom is -0.480 e. The minimum atomic E-state index is -0.826. The molecule has 1 fully saturated rings. The number of carboxylic acids is 1. The van der Waals surface area contributed by atoms with Crippen molar-refractivity contribution < 1.29 is 9.90 Å². The van der Waals surface area contributed by atoms with Crippen LogP contribution in [0.2, 0.25) is 0 Å². The van der Waals surface area contributed by atoms with Gasteiger partial charge in [0.15, 0.2) is 0 Å². The molecule has 17 heavy (non-hydrogen) atoms. The number of carbonyl (C=O) groups is 1. The van der Waals surface area contributed by atoms with Crippen LogP contribution >= 0.6 is 11.5 Å². The number of aromatic nitrogens is 2. The second-order valence-corrected chi connectivity index (χ2v) is 5.65. The summed E-state index contributed by atoms with van der Waals surface area (Å²) < 4.78 is 4.28. The molecule has 1 unspecified atom stereocenters. The van der Waals surface area contributed by atoms with Gasteiger partial charge in [0.2, 0.25) is 5.13 Å². The van der Waals surface area contributed by atoms with Crippen LogP contribution in [-0.2, 0) is 4.79 Å². The van der Waals surface area contributed by atoms with Crippen molar-refractivity contribution in [1.82, 2.24) is 9.36 Å². The second kappa shape index (κ2) is 4.25. The average Bonchev–Trinajstić information content (AvgIpc) is 2.83. The molecule has 0 saturated carbocycles. The molecular weight excluding hydrogens is 238 g/mol. The van der Waals surface area contributed by atoms with Crippen molar-refractivity contribution >= 4 is 22.6 Å². The van der Waals surface area contributed by atoms with Gasteiger partial charge in [-0.2, -0.15) is 4.37 Å². The molecule has 0 aliphatic carbocycles. The summed E-state index contributed by atoms with van der Waals surface area (Å²) >= 11 is 1.30. The molecule has 1 aromatic heterocycles. The van der Waals surface area contributed by atoms with Crippen molar-refractivity contribution in [2.45, 2.75) is 45.1 Å². The van der Waals surface area contributed by atoms with Crippen LogP contribution in [0.3, 0.4) is 0 Å². The Morgan fingerprint density at radius 1 is 1.59 bits per heavy atom. The summed E-state index contributed by atoms with van der Waals surface area (Å²) in [5.41, 5.74) is -0.826. The van der Waals surface area contributed by atoms with Crippen molar-refractivity contribution in [3.05, 3.63) is 5.82 Å². The molecule has 1 aromatic rings. The molecule has 1 aliphatic heterocycles. The molecule has 94 valence electrons. The molecule has 1 N–H and O–H groups in total. The molecule has 0 amide bonds. The van der Waals surface area contributed by atoms with Crippen molar-refractivity contribution in [3.8, 4) is 0 Å². The first-order valence-corrected chi connectivity index (χ1v) is 6.57. The van der Waals surface area contributed by atoms with Gasteiger partial charge in [0.25, 0.3) is 0 Å². The Hall–Kier alpha value is -1.17. The lowest BCUT2D eigenvalue weighted by Gasteiger charge is -2.30. The van der Waals surface area contributed by atoms with E-state index in [1.165, 1.54) is 11.5 Å². The zero-order chi connectivity index (χ0) is 12.6. The zero-order valence-corrected chi connectivity index (χ0v) is 11.1. The summed E-state index contributed by atoms with van der Waals surface area (Å²) in [6.45, 7) is 6.58. The summed E-state index contributed by atoms with van der Waals surface area (Å²) in [5.74, 6) is 0.291. The van der Waals surface area contributed by atoms with Crippen LogP contribution < -0.4 is 4.90 Å². The number of nitrogens with zero attached hydrogens (tertiary/aromatic N) is 3. The number of anilines is 1. The van der Waals surface area contributed by atoms with Gasteiger partial charge in [-0.15, -0.1) is 0 Å². The van der Waals surface area contributed by atoms with Gasteiger partial charge in [-0.05, 0) is 19.8 Å². The number of hydrogen-bond donors (Lipinski definition) is 1. The van der Waals surface area contributed by atoms with E-state index in [1.54, 1.807) is 6.92 Å². The summed E-state index contributed by atoms with van der Waals surface area (Å²) in [6, 6.07) is 0. The first kappa shape index (κ1) is 12.3. The third kappa shape index (κ3) is 2.01. The number of rotatable bonds is 3. The average molecular weight is 255 g/mol. The molecule has 2 heterocycles. The lowest BCUT2D eigenvalue weighted by molar-refractivity contribution is -0.142. The third-order valence-electron chi connectivity index (χ3n) is 3.28. The van der Waals surface area contributed by atoms with Crippen molar-refractivity contribution in [3.63, 3.8) is 0 Å². The molecule has 5 nitrogen and oxygen atoms in total. The zero-order valence-electron chi connectivity index (χ0n) is 10.3. The first-order valence-electron chi connectivity index (χ1n) is 5.80. The smallest absolute Gasteiger partial charge is 0.329 e. The molecule has 1 aliphatic rings. The predicted octanol–water partition coefficient (Wildman–Crippen LogP) is 2.10.